The summed E-state index contributed by atoms with van der Waals surface area (Å²) in [5, 5.41) is 12.5. The van der Waals surface area contributed by atoms with Crippen LogP contribution < -0.4 is 0 Å². The summed E-state index contributed by atoms with van der Waals surface area (Å²) in [6.45, 7) is 1.81. The molecule has 4 heteroatoms. The van der Waals surface area contributed by atoms with Gasteiger partial charge in [-0.05, 0) is 19.1 Å². The van der Waals surface area contributed by atoms with Gasteiger partial charge >= 0.3 is 0 Å². The number of pyridine rings is 1. The van der Waals surface area contributed by atoms with Crippen molar-refractivity contribution in [1.29, 1.82) is 5.26 Å². The lowest BCUT2D eigenvalue weighted by Crippen LogP contribution is -1.86. The molecule has 0 radical (unpaired) electrons. The molecule has 0 amide bonds. The van der Waals surface area contributed by atoms with E-state index in [1.807, 2.05) is 13.0 Å². The van der Waals surface area contributed by atoms with Crippen molar-refractivity contribution in [1.82, 2.24) is 10.1 Å². The predicted molar refractivity (Wildman–Crippen MR) is 49.2 cm³/mol. The van der Waals surface area contributed by atoms with Crippen molar-refractivity contribution in [3.8, 4) is 17.5 Å². The second-order valence-electron chi connectivity index (χ2n) is 2.84. The molecule has 0 spiro atoms. The Labute approximate surface area is 80.8 Å². The average Bonchev–Trinajstić information content (AvgIpc) is 2.65. The van der Waals surface area contributed by atoms with E-state index in [4.69, 9.17) is 9.78 Å². The van der Waals surface area contributed by atoms with Crippen LogP contribution in [0, 0.1) is 18.3 Å². The highest BCUT2D eigenvalue weighted by molar-refractivity contribution is 5.54. The van der Waals surface area contributed by atoms with Crippen LogP contribution >= 0.6 is 0 Å². The normalized spacial score (nSPS) is 9.71. The zero-order valence-corrected chi connectivity index (χ0v) is 7.56. The summed E-state index contributed by atoms with van der Waals surface area (Å²) >= 11 is 0. The van der Waals surface area contributed by atoms with Crippen LogP contribution in [0.5, 0.6) is 0 Å². The third-order valence-corrected chi connectivity index (χ3v) is 1.75. The van der Waals surface area contributed by atoms with Gasteiger partial charge in [0.25, 0.3) is 0 Å². The Kier molecular flexibility index (Phi) is 1.99. The van der Waals surface area contributed by atoms with Gasteiger partial charge in [0, 0.05) is 6.07 Å². The first-order chi connectivity index (χ1) is 6.79. The summed E-state index contributed by atoms with van der Waals surface area (Å²) in [5.41, 5.74) is 1.68. The number of aromatic nitrogens is 2. The van der Waals surface area contributed by atoms with E-state index in [-0.39, 0.29) is 0 Å². The lowest BCUT2D eigenvalue weighted by molar-refractivity contribution is 0.399. The molecule has 0 unspecified atom stereocenters. The molecule has 0 aromatic carbocycles. The smallest absolute Gasteiger partial charge is 0.141 e. The maximum Gasteiger partial charge on any atom is 0.141 e. The van der Waals surface area contributed by atoms with Crippen molar-refractivity contribution in [3.05, 3.63) is 35.7 Å². The van der Waals surface area contributed by atoms with Gasteiger partial charge in [-0.15, -0.1) is 0 Å². The van der Waals surface area contributed by atoms with E-state index < -0.39 is 0 Å². The minimum absolute atomic E-state index is 0.378. The fourth-order valence-corrected chi connectivity index (χ4v) is 1.13. The van der Waals surface area contributed by atoms with Gasteiger partial charge in [-0.1, -0.05) is 11.2 Å². The minimum Gasteiger partial charge on any atom is -0.361 e. The molecule has 0 aliphatic heterocycles. The molecule has 14 heavy (non-hydrogen) atoms. The van der Waals surface area contributed by atoms with Crippen LogP contribution in [-0.2, 0) is 0 Å². The van der Waals surface area contributed by atoms with Gasteiger partial charge in [-0.3, -0.25) is 0 Å². The standard InChI is InChI=1S/C10H7N3O/c1-7-5-10(13-14-7)9-4-2-3-8(6-11)12-9/h2-5H,1H3. The molecule has 0 saturated carbocycles. The topological polar surface area (TPSA) is 62.7 Å². The lowest BCUT2D eigenvalue weighted by Gasteiger charge is -1.93. The number of hydrogen-bond acceptors (Lipinski definition) is 4. The summed E-state index contributed by atoms with van der Waals surface area (Å²) < 4.78 is 4.92. The van der Waals surface area contributed by atoms with Gasteiger partial charge in [0.1, 0.15) is 23.2 Å². The van der Waals surface area contributed by atoms with Crippen LogP contribution in [0.25, 0.3) is 11.4 Å². The van der Waals surface area contributed by atoms with Crippen molar-refractivity contribution in [3.63, 3.8) is 0 Å². The molecule has 0 N–H and O–H groups in total. The van der Waals surface area contributed by atoms with Crippen LogP contribution in [0.3, 0.4) is 0 Å². The molecule has 0 bridgehead atoms. The van der Waals surface area contributed by atoms with Crippen molar-refractivity contribution >= 4 is 0 Å². The second-order valence-corrected chi connectivity index (χ2v) is 2.84. The van der Waals surface area contributed by atoms with Gasteiger partial charge in [0.2, 0.25) is 0 Å². The highest BCUT2D eigenvalue weighted by Crippen LogP contribution is 2.16. The van der Waals surface area contributed by atoms with Gasteiger partial charge in [-0.25, -0.2) is 4.98 Å². The average molecular weight is 185 g/mol. The SMILES string of the molecule is Cc1cc(-c2cccc(C#N)n2)no1. The molecule has 2 heterocycles. The maximum atomic E-state index is 8.66. The first-order valence-corrected chi connectivity index (χ1v) is 4.10. The monoisotopic (exact) mass is 185 g/mol. The van der Waals surface area contributed by atoms with Gasteiger partial charge in [0.05, 0.1) is 5.69 Å². The molecule has 68 valence electrons. The third-order valence-electron chi connectivity index (χ3n) is 1.75. The molecule has 4 nitrogen and oxygen atoms in total. The number of aryl methyl sites for hydroxylation is 1. The lowest BCUT2D eigenvalue weighted by atomic mass is 10.2. The first-order valence-electron chi connectivity index (χ1n) is 4.10. The van der Waals surface area contributed by atoms with Gasteiger partial charge < -0.3 is 4.52 Å². The van der Waals surface area contributed by atoms with Crippen LogP contribution in [-0.4, -0.2) is 10.1 Å². The van der Waals surface area contributed by atoms with Crippen LogP contribution in [0.2, 0.25) is 0 Å². The zero-order valence-electron chi connectivity index (χ0n) is 7.56. The number of hydrogen-bond donors (Lipinski definition) is 0. The van der Waals surface area contributed by atoms with Crippen molar-refractivity contribution in [2.24, 2.45) is 0 Å². The van der Waals surface area contributed by atoms with Crippen molar-refractivity contribution in [2.75, 3.05) is 0 Å². The number of nitrogens with zero attached hydrogens (tertiary/aromatic N) is 3. The fourth-order valence-electron chi connectivity index (χ4n) is 1.13. The minimum atomic E-state index is 0.378. The first kappa shape index (κ1) is 8.45. The van der Waals surface area contributed by atoms with Crippen LogP contribution in [0.4, 0.5) is 0 Å². The molecule has 0 atom stereocenters. The molecule has 0 fully saturated rings. The van der Waals surface area contributed by atoms with E-state index in [0.29, 0.717) is 17.1 Å². The highest BCUT2D eigenvalue weighted by atomic mass is 16.5. The molecule has 0 aliphatic rings. The summed E-state index contributed by atoms with van der Waals surface area (Å²) in [4.78, 5) is 4.09. The maximum absolute atomic E-state index is 8.66. The highest BCUT2D eigenvalue weighted by Gasteiger charge is 2.05. The second kappa shape index (κ2) is 3.30. The molecule has 2 aromatic heterocycles. The molecule has 2 rings (SSSR count). The summed E-state index contributed by atoms with van der Waals surface area (Å²) in [6, 6.07) is 8.96. The molecule has 0 saturated heterocycles. The van der Waals surface area contributed by atoms with E-state index in [9.17, 15) is 0 Å². The van der Waals surface area contributed by atoms with Gasteiger partial charge in [-0.2, -0.15) is 5.26 Å². The van der Waals surface area contributed by atoms with Crippen LogP contribution in [0.15, 0.2) is 28.8 Å². The predicted octanol–water partition coefficient (Wildman–Crippen LogP) is 1.92. The molecular weight excluding hydrogens is 178 g/mol. The quantitative estimate of drug-likeness (QED) is 0.680. The molecule has 0 aliphatic carbocycles. The molecular formula is C10H7N3O. The summed E-state index contributed by atoms with van der Waals surface area (Å²) in [5.74, 6) is 0.726. The Balaban J connectivity index is 2.47. The van der Waals surface area contributed by atoms with E-state index >= 15 is 0 Å². The Morgan fingerprint density at radius 3 is 2.86 bits per heavy atom. The van der Waals surface area contributed by atoms with Crippen molar-refractivity contribution < 1.29 is 4.52 Å². The largest absolute Gasteiger partial charge is 0.361 e. The Hall–Kier alpha value is -2.15. The third kappa shape index (κ3) is 1.48. The summed E-state index contributed by atoms with van der Waals surface area (Å²) in [7, 11) is 0. The van der Waals surface area contributed by atoms with Crippen LogP contribution in [0.1, 0.15) is 11.5 Å². The van der Waals surface area contributed by atoms with E-state index in [2.05, 4.69) is 10.1 Å². The van der Waals surface area contributed by atoms with Gasteiger partial charge in [0.15, 0.2) is 0 Å². The number of rotatable bonds is 1. The number of nitriles is 1. The summed E-state index contributed by atoms with van der Waals surface area (Å²) in [6.07, 6.45) is 0. The zero-order chi connectivity index (χ0) is 9.97. The fraction of sp³-hybridized carbons (Fsp3) is 0.100. The van der Waals surface area contributed by atoms with E-state index in [1.165, 1.54) is 0 Å². The van der Waals surface area contributed by atoms with Crippen molar-refractivity contribution in [2.45, 2.75) is 6.92 Å². The Morgan fingerprint density at radius 2 is 2.21 bits per heavy atom. The van der Waals surface area contributed by atoms with E-state index in [1.54, 1.807) is 24.3 Å². The Morgan fingerprint density at radius 1 is 1.36 bits per heavy atom. The Bertz CT molecular complexity index is 496. The van der Waals surface area contributed by atoms with E-state index in [0.717, 1.165) is 5.76 Å². The molecule has 2 aromatic rings.